The maximum Gasteiger partial charge on any atom is 0.220 e. The van der Waals surface area contributed by atoms with Gasteiger partial charge < -0.3 is 9.59 Å². The summed E-state index contributed by atoms with van der Waals surface area (Å²) in [7, 11) is 2.27. The fourth-order valence-corrected chi connectivity index (χ4v) is 4.44. The molecule has 2 fully saturated rings. The number of Topliss-reactive ketones (excluding diaryl/α,β-unsaturated/α-hetero) is 1. The van der Waals surface area contributed by atoms with E-state index < -0.39 is 0 Å². The number of carbonyl (C=O) groups is 1. The number of ketones is 1. The second-order valence-corrected chi connectivity index (χ2v) is 6.99. The molecule has 114 valence electrons. The Morgan fingerprint density at radius 2 is 2.00 bits per heavy atom. The Bertz CT molecular complexity index is 501. The van der Waals surface area contributed by atoms with Crippen LogP contribution in [-0.2, 0) is 0 Å². The third-order valence-corrected chi connectivity index (χ3v) is 5.75. The number of hydrogen-bond acceptors (Lipinski definition) is 2. The van der Waals surface area contributed by atoms with Crippen LogP contribution < -0.4 is 0 Å². The molecule has 0 amide bonds. The van der Waals surface area contributed by atoms with Gasteiger partial charge in [-0.3, -0.25) is 4.79 Å². The quantitative estimate of drug-likeness (QED) is 0.686. The molecule has 3 nitrogen and oxygen atoms in total. The van der Waals surface area contributed by atoms with E-state index in [1.807, 2.05) is 30.3 Å². The number of carbonyl (C=O) groups excluding carboxylic acids is 1. The van der Waals surface area contributed by atoms with E-state index in [2.05, 4.69) is 7.05 Å². The van der Waals surface area contributed by atoms with Gasteiger partial charge in [0.2, 0.25) is 5.78 Å². The zero-order valence-electron chi connectivity index (χ0n) is 12.9. The highest BCUT2D eigenvalue weighted by molar-refractivity contribution is 5.99. The summed E-state index contributed by atoms with van der Waals surface area (Å²) in [5.41, 5.74) is 0.824. The number of aliphatic hydroxyl groups is 1. The maximum atomic E-state index is 13.0. The molecule has 0 saturated carbocycles. The van der Waals surface area contributed by atoms with E-state index in [1.165, 1.54) is 19.3 Å². The van der Waals surface area contributed by atoms with Crippen LogP contribution in [0.2, 0.25) is 0 Å². The minimum Gasteiger partial charge on any atom is -0.396 e. The van der Waals surface area contributed by atoms with Crippen molar-refractivity contribution in [3.8, 4) is 0 Å². The van der Waals surface area contributed by atoms with E-state index in [9.17, 15) is 9.90 Å². The molecule has 2 heterocycles. The van der Waals surface area contributed by atoms with Crippen molar-refractivity contribution in [1.29, 1.82) is 0 Å². The first kappa shape index (κ1) is 14.7. The van der Waals surface area contributed by atoms with Crippen molar-refractivity contribution in [3.63, 3.8) is 0 Å². The monoisotopic (exact) mass is 288 g/mol. The fourth-order valence-electron chi connectivity index (χ4n) is 4.44. The number of hydrogen-bond donors (Lipinski definition) is 1. The summed E-state index contributed by atoms with van der Waals surface area (Å²) in [6, 6.07) is 10.2. The van der Waals surface area contributed by atoms with Crippen LogP contribution in [0.1, 0.15) is 42.5 Å². The predicted octanol–water partition coefficient (Wildman–Crippen LogP) is 2.64. The molecule has 0 spiro atoms. The number of rotatable bonds is 3. The van der Waals surface area contributed by atoms with Gasteiger partial charge in [0, 0.05) is 25.0 Å². The molecular formula is C18H26NO2+. The zero-order valence-corrected chi connectivity index (χ0v) is 12.9. The summed E-state index contributed by atoms with van der Waals surface area (Å²) in [5.74, 6) is 0.556. The molecule has 3 heteroatoms. The van der Waals surface area contributed by atoms with Crippen LogP contribution in [0.15, 0.2) is 30.3 Å². The SMILES string of the molecule is C[N+]12CCCCC1CC(CO)CC2C(=O)c1ccccc1. The summed E-state index contributed by atoms with van der Waals surface area (Å²) in [5, 5.41) is 9.62. The van der Waals surface area contributed by atoms with E-state index >= 15 is 0 Å². The minimum atomic E-state index is 0.0172. The van der Waals surface area contributed by atoms with Gasteiger partial charge in [-0.05, 0) is 25.2 Å². The first-order chi connectivity index (χ1) is 10.1. The van der Waals surface area contributed by atoms with E-state index in [4.69, 9.17) is 0 Å². The normalized spacial score (nSPS) is 36.0. The van der Waals surface area contributed by atoms with Crippen molar-refractivity contribution >= 4 is 5.78 Å². The van der Waals surface area contributed by atoms with Crippen molar-refractivity contribution in [2.75, 3.05) is 20.2 Å². The highest BCUT2D eigenvalue weighted by Crippen LogP contribution is 2.39. The van der Waals surface area contributed by atoms with Crippen LogP contribution >= 0.6 is 0 Å². The molecule has 2 saturated heterocycles. The number of quaternary nitrogens is 1. The van der Waals surface area contributed by atoms with Crippen LogP contribution in [0.25, 0.3) is 0 Å². The molecule has 1 aromatic carbocycles. The third-order valence-electron chi connectivity index (χ3n) is 5.75. The van der Waals surface area contributed by atoms with Gasteiger partial charge in [0.05, 0.1) is 19.6 Å². The van der Waals surface area contributed by atoms with Gasteiger partial charge in [-0.25, -0.2) is 0 Å². The lowest BCUT2D eigenvalue weighted by atomic mass is 9.78. The van der Waals surface area contributed by atoms with Crippen molar-refractivity contribution in [1.82, 2.24) is 0 Å². The van der Waals surface area contributed by atoms with E-state index in [-0.39, 0.29) is 24.3 Å². The molecule has 21 heavy (non-hydrogen) atoms. The molecule has 2 aliphatic rings. The summed E-state index contributed by atoms with van der Waals surface area (Å²) < 4.78 is 0.893. The van der Waals surface area contributed by atoms with Crippen molar-refractivity contribution in [3.05, 3.63) is 35.9 Å². The zero-order chi connectivity index (χ0) is 14.9. The molecule has 0 bridgehead atoms. The number of piperidine rings is 2. The first-order valence-electron chi connectivity index (χ1n) is 8.20. The number of likely N-dealkylation sites (N-methyl/N-ethyl adjacent to an activating group) is 1. The highest BCUT2D eigenvalue weighted by atomic mass is 16.3. The van der Waals surface area contributed by atoms with Crippen molar-refractivity contribution < 1.29 is 14.4 Å². The smallest absolute Gasteiger partial charge is 0.220 e. The second-order valence-electron chi connectivity index (χ2n) is 6.99. The summed E-state index contributed by atoms with van der Waals surface area (Å²) in [6.07, 6.45) is 5.59. The molecule has 1 N–H and O–H groups in total. The third kappa shape index (κ3) is 2.65. The topological polar surface area (TPSA) is 37.3 Å². The van der Waals surface area contributed by atoms with Gasteiger partial charge in [-0.2, -0.15) is 0 Å². The predicted molar refractivity (Wildman–Crippen MR) is 83.1 cm³/mol. The lowest BCUT2D eigenvalue weighted by Gasteiger charge is -2.53. The van der Waals surface area contributed by atoms with Crippen molar-refractivity contribution in [2.24, 2.45) is 5.92 Å². The van der Waals surface area contributed by atoms with Crippen LogP contribution in [0, 0.1) is 5.92 Å². The van der Waals surface area contributed by atoms with Crippen molar-refractivity contribution in [2.45, 2.75) is 44.2 Å². The van der Waals surface area contributed by atoms with Crippen LogP contribution in [0.4, 0.5) is 0 Å². The van der Waals surface area contributed by atoms with E-state index in [1.54, 1.807) is 0 Å². The Kier molecular flexibility index (Phi) is 4.14. The molecule has 0 radical (unpaired) electrons. The van der Waals surface area contributed by atoms with Gasteiger partial charge in [0.1, 0.15) is 0 Å². The van der Waals surface area contributed by atoms with Gasteiger partial charge in [0.15, 0.2) is 6.04 Å². The van der Waals surface area contributed by atoms with Crippen LogP contribution in [0.5, 0.6) is 0 Å². The Hall–Kier alpha value is -1.19. The molecule has 2 aliphatic heterocycles. The van der Waals surface area contributed by atoms with E-state index in [0.29, 0.717) is 6.04 Å². The molecular weight excluding hydrogens is 262 g/mol. The standard InChI is InChI=1S/C18H26NO2/c1-19-10-6-5-9-16(19)11-14(13-20)12-17(19)18(21)15-7-3-2-4-8-15/h2-4,7-8,14,16-17,20H,5-6,9-13H2,1H3/q+1. The summed E-state index contributed by atoms with van der Waals surface area (Å²) in [6.45, 7) is 1.32. The minimum absolute atomic E-state index is 0.0172. The van der Waals surface area contributed by atoms with E-state index in [0.717, 1.165) is 29.4 Å². The molecule has 1 aromatic rings. The average molecular weight is 288 g/mol. The number of fused-ring (bicyclic) bond motifs is 1. The highest BCUT2D eigenvalue weighted by Gasteiger charge is 2.50. The lowest BCUT2D eigenvalue weighted by Crippen LogP contribution is -2.66. The van der Waals surface area contributed by atoms with Gasteiger partial charge >= 0.3 is 0 Å². The Morgan fingerprint density at radius 3 is 2.71 bits per heavy atom. The Labute approximate surface area is 127 Å². The Morgan fingerprint density at radius 1 is 1.24 bits per heavy atom. The second kappa shape index (κ2) is 5.90. The van der Waals surface area contributed by atoms with Gasteiger partial charge in [-0.15, -0.1) is 0 Å². The first-order valence-corrected chi connectivity index (χ1v) is 8.20. The fraction of sp³-hybridized carbons (Fsp3) is 0.611. The molecule has 4 unspecified atom stereocenters. The molecule has 3 rings (SSSR count). The maximum absolute atomic E-state index is 13.0. The summed E-state index contributed by atoms with van der Waals surface area (Å²) in [4.78, 5) is 13.0. The Balaban J connectivity index is 1.91. The lowest BCUT2D eigenvalue weighted by molar-refractivity contribution is -0.958. The average Bonchev–Trinajstić information content (AvgIpc) is 2.53. The number of aliphatic hydroxyl groups excluding tert-OH is 1. The largest absolute Gasteiger partial charge is 0.396 e. The molecule has 0 aliphatic carbocycles. The van der Waals surface area contributed by atoms with Gasteiger partial charge in [0.25, 0.3) is 0 Å². The summed E-state index contributed by atoms with van der Waals surface area (Å²) >= 11 is 0. The van der Waals surface area contributed by atoms with Gasteiger partial charge in [-0.1, -0.05) is 30.3 Å². The number of benzene rings is 1. The number of nitrogens with zero attached hydrogens (tertiary/aromatic N) is 1. The van der Waals surface area contributed by atoms with Crippen LogP contribution in [-0.4, -0.2) is 47.7 Å². The molecule has 4 atom stereocenters. The van der Waals surface area contributed by atoms with Crippen LogP contribution in [0.3, 0.4) is 0 Å². The molecule has 0 aromatic heterocycles.